The lowest BCUT2D eigenvalue weighted by Crippen LogP contribution is -2.22. The van der Waals surface area contributed by atoms with Gasteiger partial charge < -0.3 is 0 Å². The number of aryl methyl sites for hydroxylation is 1. The van der Waals surface area contributed by atoms with E-state index in [1.807, 2.05) is 29.3 Å². The summed E-state index contributed by atoms with van der Waals surface area (Å²) in [5.74, 6) is 0.872. The molecule has 0 saturated carbocycles. The Morgan fingerprint density at radius 1 is 1.15 bits per heavy atom. The molecule has 3 heterocycles. The van der Waals surface area contributed by atoms with E-state index in [0.29, 0.717) is 23.1 Å². The van der Waals surface area contributed by atoms with Gasteiger partial charge >= 0.3 is 0 Å². The van der Waals surface area contributed by atoms with E-state index >= 15 is 0 Å². The largest absolute Gasteiger partial charge is 0.296 e. The standard InChI is InChI=1S/C21H19N5O/c1-14-16-12-18-17(21(27)25-10-5-8-20(25)22-18)13-19(16)23-24-26(14)11-9-15-6-3-2-4-7-15/h2-4,6-7,12-13H,1,5,8-11H2. The molecule has 0 radical (unpaired) electrons. The molecule has 0 bridgehead atoms. The van der Waals surface area contributed by atoms with Crippen molar-refractivity contribution in [3.63, 3.8) is 0 Å². The number of benzene rings is 2. The second-order valence-corrected chi connectivity index (χ2v) is 6.97. The molecule has 2 aliphatic rings. The molecule has 5 rings (SSSR count). The fraction of sp³-hybridized carbons (Fsp3) is 0.238. The van der Waals surface area contributed by atoms with E-state index in [1.165, 1.54) is 5.56 Å². The number of fused-ring (bicyclic) bond motifs is 3. The van der Waals surface area contributed by atoms with Crippen molar-refractivity contribution in [2.75, 3.05) is 6.54 Å². The summed E-state index contributed by atoms with van der Waals surface area (Å²) in [6, 6.07) is 14.0. The van der Waals surface area contributed by atoms with Crippen LogP contribution < -0.4 is 5.56 Å². The summed E-state index contributed by atoms with van der Waals surface area (Å²) in [7, 11) is 0. The molecule has 0 fully saturated rings. The highest BCUT2D eigenvalue weighted by atomic mass is 16.1. The quantitative estimate of drug-likeness (QED) is 0.715. The van der Waals surface area contributed by atoms with Crippen LogP contribution in [0.4, 0.5) is 5.69 Å². The zero-order valence-corrected chi connectivity index (χ0v) is 14.9. The third-order valence-electron chi connectivity index (χ3n) is 5.27. The minimum absolute atomic E-state index is 0.0163. The van der Waals surface area contributed by atoms with Crippen LogP contribution in [-0.2, 0) is 19.4 Å². The lowest BCUT2D eigenvalue weighted by Gasteiger charge is -2.25. The molecule has 6 heteroatoms. The molecule has 27 heavy (non-hydrogen) atoms. The van der Waals surface area contributed by atoms with Gasteiger partial charge in [0, 0.05) is 25.1 Å². The number of hydrogen-bond acceptors (Lipinski definition) is 5. The summed E-state index contributed by atoms with van der Waals surface area (Å²) >= 11 is 0. The molecule has 134 valence electrons. The van der Waals surface area contributed by atoms with Gasteiger partial charge in [-0.2, -0.15) is 0 Å². The average Bonchev–Trinajstić information content (AvgIpc) is 3.17. The fourth-order valence-corrected chi connectivity index (χ4v) is 3.79. The van der Waals surface area contributed by atoms with Crippen LogP contribution in [0.3, 0.4) is 0 Å². The van der Waals surface area contributed by atoms with E-state index in [4.69, 9.17) is 4.98 Å². The summed E-state index contributed by atoms with van der Waals surface area (Å²) in [6.45, 7) is 5.66. The predicted molar refractivity (Wildman–Crippen MR) is 105 cm³/mol. The molecule has 3 aromatic rings. The van der Waals surface area contributed by atoms with E-state index in [-0.39, 0.29) is 5.56 Å². The molecule has 0 N–H and O–H groups in total. The minimum Gasteiger partial charge on any atom is -0.296 e. The fourth-order valence-electron chi connectivity index (χ4n) is 3.79. The Morgan fingerprint density at radius 3 is 2.85 bits per heavy atom. The highest BCUT2D eigenvalue weighted by molar-refractivity contribution is 5.88. The Labute approximate surface area is 156 Å². The molecule has 0 saturated heterocycles. The highest BCUT2D eigenvalue weighted by Crippen LogP contribution is 2.35. The van der Waals surface area contributed by atoms with Gasteiger partial charge in [-0.25, -0.2) is 9.99 Å². The predicted octanol–water partition coefficient (Wildman–Crippen LogP) is 3.87. The SMILES string of the molecule is C=C1c2cc3nc4n(c(=O)c3cc2N=NN1CCc1ccccc1)CCC4. The van der Waals surface area contributed by atoms with Crippen LogP contribution in [-0.4, -0.2) is 21.1 Å². The number of hydrogen-bond donors (Lipinski definition) is 0. The van der Waals surface area contributed by atoms with Crippen molar-refractivity contribution < 1.29 is 0 Å². The molecule has 0 spiro atoms. The molecule has 0 atom stereocenters. The molecule has 0 amide bonds. The first-order valence-corrected chi connectivity index (χ1v) is 9.20. The maximum Gasteiger partial charge on any atom is 0.261 e. The van der Waals surface area contributed by atoms with Crippen LogP contribution in [0.25, 0.3) is 16.6 Å². The van der Waals surface area contributed by atoms with Gasteiger partial charge in [0.15, 0.2) is 0 Å². The molecule has 0 unspecified atom stereocenters. The third-order valence-corrected chi connectivity index (χ3v) is 5.27. The lowest BCUT2D eigenvalue weighted by atomic mass is 10.1. The third kappa shape index (κ3) is 2.65. The Kier molecular flexibility index (Phi) is 3.63. The first kappa shape index (κ1) is 15.9. The van der Waals surface area contributed by atoms with Crippen molar-refractivity contribution >= 4 is 22.3 Å². The molecule has 0 aliphatic carbocycles. The van der Waals surface area contributed by atoms with Crippen LogP contribution in [0.15, 0.2) is 64.2 Å². The van der Waals surface area contributed by atoms with Crippen molar-refractivity contribution in [3.8, 4) is 0 Å². The zero-order chi connectivity index (χ0) is 18.4. The maximum absolute atomic E-state index is 12.7. The van der Waals surface area contributed by atoms with Gasteiger partial charge in [0.05, 0.1) is 22.3 Å². The summed E-state index contributed by atoms with van der Waals surface area (Å²) < 4.78 is 1.77. The number of aromatic nitrogens is 2. The summed E-state index contributed by atoms with van der Waals surface area (Å²) in [4.78, 5) is 17.4. The van der Waals surface area contributed by atoms with Gasteiger partial charge in [0.1, 0.15) is 5.82 Å². The van der Waals surface area contributed by atoms with E-state index in [2.05, 4.69) is 29.0 Å². The van der Waals surface area contributed by atoms with Gasteiger partial charge in [-0.1, -0.05) is 42.1 Å². The first-order chi connectivity index (χ1) is 13.2. The molecule has 2 aliphatic heterocycles. The van der Waals surface area contributed by atoms with Crippen LogP contribution in [0.5, 0.6) is 0 Å². The average molecular weight is 357 g/mol. The van der Waals surface area contributed by atoms with Gasteiger partial charge in [-0.3, -0.25) is 9.36 Å². The minimum atomic E-state index is 0.0163. The second-order valence-electron chi connectivity index (χ2n) is 6.97. The molecular weight excluding hydrogens is 338 g/mol. The maximum atomic E-state index is 12.7. The second kappa shape index (κ2) is 6.16. The smallest absolute Gasteiger partial charge is 0.261 e. The lowest BCUT2D eigenvalue weighted by molar-refractivity contribution is 0.394. The molecule has 6 nitrogen and oxygen atoms in total. The van der Waals surface area contributed by atoms with E-state index in [0.717, 1.165) is 42.9 Å². The van der Waals surface area contributed by atoms with Gasteiger partial charge in [0.2, 0.25) is 0 Å². The van der Waals surface area contributed by atoms with Gasteiger partial charge in [0.25, 0.3) is 5.56 Å². The molecule has 1 aromatic heterocycles. The van der Waals surface area contributed by atoms with Crippen molar-refractivity contribution in [2.24, 2.45) is 10.3 Å². The van der Waals surface area contributed by atoms with Gasteiger partial charge in [-0.05, 0) is 30.5 Å². The Morgan fingerprint density at radius 2 is 2.00 bits per heavy atom. The summed E-state index contributed by atoms with van der Waals surface area (Å²) in [6.07, 6.45) is 2.68. The van der Waals surface area contributed by atoms with Crippen LogP contribution in [0.1, 0.15) is 23.4 Å². The van der Waals surface area contributed by atoms with E-state index < -0.39 is 0 Å². The monoisotopic (exact) mass is 357 g/mol. The molecular formula is C21H19N5O. The topological polar surface area (TPSA) is 62.9 Å². The normalized spacial score (nSPS) is 15.3. The highest BCUT2D eigenvalue weighted by Gasteiger charge is 2.22. The summed E-state index contributed by atoms with van der Waals surface area (Å²) in [5, 5.41) is 11.1. The van der Waals surface area contributed by atoms with E-state index in [1.54, 1.807) is 10.6 Å². The number of rotatable bonds is 3. The number of nitrogens with zero attached hydrogens (tertiary/aromatic N) is 5. The van der Waals surface area contributed by atoms with Crippen molar-refractivity contribution in [2.45, 2.75) is 25.8 Å². The van der Waals surface area contributed by atoms with Gasteiger partial charge in [-0.15, -0.1) is 5.11 Å². The van der Waals surface area contributed by atoms with Crippen molar-refractivity contribution in [3.05, 3.63) is 76.3 Å². The Balaban J connectivity index is 1.50. The molecule has 2 aromatic carbocycles. The van der Waals surface area contributed by atoms with Crippen LogP contribution in [0, 0.1) is 0 Å². The summed E-state index contributed by atoms with van der Waals surface area (Å²) in [5.41, 5.74) is 4.34. The Hall–Kier alpha value is -3.28. The van der Waals surface area contributed by atoms with E-state index in [9.17, 15) is 4.79 Å². The Bertz CT molecular complexity index is 1150. The van der Waals surface area contributed by atoms with Crippen molar-refractivity contribution in [1.82, 2.24) is 14.6 Å². The van der Waals surface area contributed by atoms with Crippen LogP contribution in [0.2, 0.25) is 0 Å². The zero-order valence-electron chi connectivity index (χ0n) is 14.9. The van der Waals surface area contributed by atoms with Crippen molar-refractivity contribution in [1.29, 1.82) is 0 Å². The van der Waals surface area contributed by atoms with Crippen LogP contribution >= 0.6 is 0 Å². The first-order valence-electron chi connectivity index (χ1n) is 9.20.